The minimum Gasteiger partial charge on any atom is -0.467 e. The maximum absolute atomic E-state index is 12.2. The monoisotopic (exact) mass is 477 g/mol. The van der Waals surface area contributed by atoms with Gasteiger partial charge < -0.3 is 28.4 Å². The molecular formula is C15H18Cl3NO10. The highest BCUT2D eigenvalue weighted by Crippen LogP contribution is 2.33. The minimum absolute atomic E-state index is 0.861. The van der Waals surface area contributed by atoms with Gasteiger partial charge in [-0.05, 0) is 0 Å². The van der Waals surface area contributed by atoms with Gasteiger partial charge in [-0.15, -0.1) is 0 Å². The second kappa shape index (κ2) is 10.3. The van der Waals surface area contributed by atoms with Gasteiger partial charge in [0.2, 0.25) is 18.3 Å². The molecule has 0 saturated carbocycles. The Bertz CT molecular complexity index is 680. The Morgan fingerprint density at radius 1 is 0.828 bits per heavy atom. The van der Waals surface area contributed by atoms with Gasteiger partial charge in [-0.2, -0.15) is 0 Å². The second-order valence-corrected chi connectivity index (χ2v) is 7.90. The summed E-state index contributed by atoms with van der Waals surface area (Å²) in [5.41, 5.74) is 0. The topological polar surface area (TPSA) is 148 Å². The van der Waals surface area contributed by atoms with Gasteiger partial charge in [0.05, 0.1) is 7.11 Å². The molecule has 0 spiro atoms. The van der Waals surface area contributed by atoms with Gasteiger partial charge in [0.25, 0.3) is 3.79 Å². The number of hydrogen-bond donors (Lipinski definition) is 1. The third-order valence-electron chi connectivity index (χ3n) is 3.33. The molecule has 1 rings (SSSR count). The van der Waals surface area contributed by atoms with Crippen molar-refractivity contribution in [2.24, 2.45) is 0 Å². The average Bonchev–Trinajstić information content (AvgIpc) is 2.56. The Labute approximate surface area is 180 Å². The number of alkyl halides is 3. The third-order valence-corrected chi connectivity index (χ3v) is 3.84. The maximum atomic E-state index is 12.2. The first-order valence-corrected chi connectivity index (χ1v) is 8.98. The highest BCUT2D eigenvalue weighted by Gasteiger charge is 2.56. The van der Waals surface area contributed by atoms with Crippen LogP contribution in [0.25, 0.3) is 0 Å². The lowest BCUT2D eigenvalue weighted by Crippen LogP contribution is -2.64. The molecule has 29 heavy (non-hydrogen) atoms. The van der Waals surface area contributed by atoms with Crippen LogP contribution in [-0.2, 0) is 47.6 Å². The van der Waals surface area contributed by atoms with E-state index in [1.165, 1.54) is 0 Å². The van der Waals surface area contributed by atoms with Gasteiger partial charge in [-0.1, -0.05) is 34.8 Å². The normalized spacial score (nSPS) is 26.7. The van der Waals surface area contributed by atoms with Crippen molar-refractivity contribution in [3.8, 4) is 0 Å². The standard InChI is InChI=1S/C15H18Cl3NO10/c1-5(20)25-8-9(26-6(2)21)11(27-7(3)22)13(28-10(8)12(23)24-4)29-14(19)15(16,17)18/h8-11,13,19H,1-4H3/t8-,9+,10?,11?,13+/m1/s1. The quantitative estimate of drug-likeness (QED) is 0.200. The number of carbonyl (C=O) groups excluding carboxylic acids is 4. The third kappa shape index (κ3) is 7.18. The van der Waals surface area contributed by atoms with E-state index < -0.39 is 64.3 Å². The van der Waals surface area contributed by atoms with Crippen LogP contribution in [0.4, 0.5) is 0 Å². The molecular weight excluding hydrogens is 461 g/mol. The minimum atomic E-state index is -2.32. The molecule has 0 bridgehead atoms. The van der Waals surface area contributed by atoms with Crippen LogP contribution in [-0.4, -0.2) is 71.4 Å². The number of esters is 4. The molecule has 1 heterocycles. The molecule has 0 radical (unpaired) electrons. The lowest BCUT2D eigenvalue weighted by molar-refractivity contribution is -0.285. The molecule has 164 valence electrons. The van der Waals surface area contributed by atoms with Crippen molar-refractivity contribution in [1.29, 1.82) is 5.41 Å². The molecule has 0 aromatic rings. The second-order valence-electron chi connectivity index (χ2n) is 5.62. The van der Waals surface area contributed by atoms with E-state index in [1.807, 2.05) is 0 Å². The zero-order valence-electron chi connectivity index (χ0n) is 15.6. The zero-order chi connectivity index (χ0) is 22.5. The van der Waals surface area contributed by atoms with Crippen molar-refractivity contribution in [1.82, 2.24) is 0 Å². The van der Waals surface area contributed by atoms with Gasteiger partial charge in [-0.25, -0.2) is 4.79 Å². The van der Waals surface area contributed by atoms with Gasteiger partial charge in [0.15, 0.2) is 18.3 Å². The summed E-state index contributed by atoms with van der Waals surface area (Å²) in [5, 5.41) is 7.69. The first-order chi connectivity index (χ1) is 13.3. The molecule has 11 nitrogen and oxygen atoms in total. The van der Waals surface area contributed by atoms with Gasteiger partial charge >= 0.3 is 23.9 Å². The van der Waals surface area contributed by atoms with Crippen LogP contribution in [0, 0.1) is 5.41 Å². The van der Waals surface area contributed by atoms with E-state index in [1.54, 1.807) is 0 Å². The Morgan fingerprint density at radius 2 is 1.28 bits per heavy atom. The first kappa shape index (κ1) is 25.2. The van der Waals surface area contributed by atoms with E-state index in [0.29, 0.717) is 0 Å². The van der Waals surface area contributed by atoms with E-state index >= 15 is 0 Å². The van der Waals surface area contributed by atoms with Crippen LogP contribution in [0.3, 0.4) is 0 Å². The van der Waals surface area contributed by atoms with Crippen LogP contribution in [0.2, 0.25) is 0 Å². The number of rotatable bonds is 5. The molecule has 1 aliphatic heterocycles. The molecule has 14 heteroatoms. The van der Waals surface area contributed by atoms with Crippen LogP contribution in [0.1, 0.15) is 20.8 Å². The van der Waals surface area contributed by atoms with Crippen LogP contribution >= 0.6 is 34.8 Å². The van der Waals surface area contributed by atoms with Crippen molar-refractivity contribution in [3.05, 3.63) is 0 Å². The fraction of sp³-hybridized carbons (Fsp3) is 0.667. The molecule has 1 fully saturated rings. The SMILES string of the molecule is COC(=O)C1O[C@@H](OC(=N)C(Cl)(Cl)Cl)C(OC(C)=O)[C@@H](OC(C)=O)[C@H]1OC(C)=O. The summed E-state index contributed by atoms with van der Waals surface area (Å²) in [5.74, 6) is -4.59. The Morgan fingerprint density at radius 3 is 1.69 bits per heavy atom. The summed E-state index contributed by atoms with van der Waals surface area (Å²) >= 11 is 16.7. The molecule has 1 saturated heterocycles. The Kier molecular flexibility index (Phi) is 8.94. The summed E-state index contributed by atoms with van der Waals surface area (Å²) in [6.07, 6.45) is -8.20. The number of nitrogens with one attached hydrogen (secondary N) is 1. The predicted molar refractivity (Wildman–Crippen MR) is 96.4 cm³/mol. The van der Waals surface area contributed by atoms with Crippen LogP contribution in [0.15, 0.2) is 0 Å². The summed E-state index contributed by atoms with van der Waals surface area (Å²) in [6, 6.07) is 0. The lowest BCUT2D eigenvalue weighted by Gasteiger charge is -2.43. The van der Waals surface area contributed by atoms with Crippen LogP contribution in [0.5, 0.6) is 0 Å². The van der Waals surface area contributed by atoms with E-state index in [9.17, 15) is 19.2 Å². The van der Waals surface area contributed by atoms with Gasteiger partial charge in [-0.3, -0.25) is 19.8 Å². The number of methoxy groups -OCH3 is 1. The van der Waals surface area contributed by atoms with Crippen molar-refractivity contribution in [3.63, 3.8) is 0 Å². The lowest BCUT2D eigenvalue weighted by atomic mass is 9.97. The predicted octanol–water partition coefficient (Wildman–Crippen LogP) is 1.04. The van der Waals surface area contributed by atoms with Crippen molar-refractivity contribution < 1.29 is 47.6 Å². The molecule has 5 atom stereocenters. The molecule has 0 aromatic heterocycles. The smallest absolute Gasteiger partial charge is 0.339 e. The highest BCUT2D eigenvalue weighted by atomic mass is 35.6. The molecule has 0 aromatic carbocycles. The fourth-order valence-electron chi connectivity index (χ4n) is 2.36. The summed E-state index contributed by atoms with van der Waals surface area (Å²) in [7, 11) is 1.02. The Balaban J connectivity index is 3.44. The van der Waals surface area contributed by atoms with E-state index in [4.69, 9.17) is 63.9 Å². The number of hydrogen-bond acceptors (Lipinski definition) is 11. The largest absolute Gasteiger partial charge is 0.467 e. The molecule has 0 amide bonds. The number of halogens is 3. The molecule has 2 unspecified atom stereocenters. The summed E-state index contributed by atoms with van der Waals surface area (Å²) < 4.78 is 28.0. The molecule has 0 aliphatic carbocycles. The van der Waals surface area contributed by atoms with Crippen molar-refractivity contribution >= 4 is 64.6 Å². The Hall–Kier alpha value is -1.82. The maximum Gasteiger partial charge on any atom is 0.339 e. The van der Waals surface area contributed by atoms with Gasteiger partial charge in [0.1, 0.15) is 0 Å². The average molecular weight is 479 g/mol. The highest BCUT2D eigenvalue weighted by molar-refractivity contribution is 6.76. The van der Waals surface area contributed by atoms with E-state index in [2.05, 4.69) is 4.74 Å². The first-order valence-electron chi connectivity index (χ1n) is 7.85. The molecule has 1 aliphatic rings. The fourth-order valence-corrected chi connectivity index (χ4v) is 2.49. The zero-order valence-corrected chi connectivity index (χ0v) is 17.9. The number of ether oxygens (including phenoxy) is 6. The number of carbonyl (C=O) groups is 4. The molecule has 1 N–H and O–H groups in total. The summed E-state index contributed by atoms with van der Waals surface area (Å²) in [6.45, 7) is 3.08. The van der Waals surface area contributed by atoms with Crippen LogP contribution < -0.4 is 0 Å². The van der Waals surface area contributed by atoms with E-state index in [0.717, 1.165) is 27.9 Å². The van der Waals surface area contributed by atoms with Crippen molar-refractivity contribution in [2.75, 3.05) is 7.11 Å². The van der Waals surface area contributed by atoms with Gasteiger partial charge in [0, 0.05) is 20.8 Å². The van der Waals surface area contributed by atoms with E-state index in [-0.39, 0.29) is 0 Å². The van der Waals surface area contributed by atoms with Crippen molar-refractivity contribution in [2.45, 2.75) is 55.3 Å². The summed E-state index contributed by atoms with van der Waals surface area (Å²) in [4.78, 5) is 46.9.